The van der Waals surface area contributed by atoms with Crippen molar-refractivity contribution in [3.8, 4) is 11.1 Å². The number of carbonyl (C=O) groups excluding carboxylic acids is 2. The van der Waals surface area contributed by atoms with E-state index < -0.39 is 23.8 Å². The maximum atomic E-state index is 13.4. The van der Waals surface area contributed by atoms with Gasteiger partial charge in [-0.15, -0.1) is 0 Å². The third kappa shape index (κ3) is 5.81. The Hall–Kier alpha value is -3.85. The first-order valence-electron chi connectivity index (χ1n) is 10.9. The van der Waals surface area contributed by atoms with E-state index in [0.717, 1.165) is 40.5 Å². The Balaban J connectivity index is 1.19. The second kappa shape index (κ2) is 11.1. The molecule has 0 unspecified atom stereocenters. The van der Waals surface area contributed by atoms with E-state index in [1.54, 1.807) is 0 Å². The largest absolute Gasteiger partial charge is 0.478 e. The van der Waals surface area contributed by atoms with Crippen LogP contribution < -0.4 is 10.6 Å². The maximum absolute atomic E-state index is 13.4. The zero-order chi connectivity index (χ0) is 24.8. The number of carboxylic acids is 1. The highest BCUT2D eigenvalue weighted by molar-refractivity contribution is 7.99. The van der Waals surface area contributed by atoms with Crippen molar-refractivity contribution in [1.29, 1.82) is 0 Å². The van der Waals surface area contributed by atoms with Gasteiger partial charge in [0, 0.05) is 18.2 Å². The van der Waals surface area contributed by atoms with Gasteiger partial charge < -0.3 is 20.5 Å². The number of benzene rings is 3. The van der Waals surface area contributed by atoms with Crippen LogP contribution in [0.4, 0.5) is 14.9 Å². The van der Waals surface area contributed by atoms with Gasteiger partial charge in [-0.25, -0.2) is 14.0 Å². The molecule has 0 aliphatic heterocycles. The van der Waals surface area contributed by atoms with E-state index in [-0.39, 0.29) is 36.1 Å². The predicted octanol–water partition coefficient (Wildman–Crippen LogP) is 4.73. The van der Waals surface area contributed by atoms with E-state index in [2.05, 4.69) is 22.8 Å². The smallest absolute Gasteiger partial charge is 0.407 e. The number of carboxylic acid groups (broad SMARTS) is 1. The molecule has 1 aliphatic rings. The van der Waals surface area contributed by atoms with Crippen molar-refractivity contribution in [2.45, 2.75) is 5.92 Å². The lowest BCUT2D eigenvalue weighted by Crippen LogP contribution is -2.28. The molecule has 0 saturated carbocycles. The first-order chi connectivity index (χ1) is 16.9. The number of amides is 2. The van der Waals surface area contributed by atoms with Crippen LogP contribution in [0.2, 0.25) is 0 Å². The van der Waals surface area contributed by atoms with Crippen LogP contribution >= 0.6 is 11.8 Å². The van der Waals surface area contributed by atoms with Crippen molar-refractivity contribution in [3.63, 3.8) is 0 Å². The molecule has 0 fully saturated rings. The molecule has 180 valence electrons. The monoisotopic (exact) mass is 494 g/mol. The summed E-state index contributed by atoms with van der Waals surface area (Å²) in [5.74, 6) is -1.95. The summed E-state index contributed by atoms with van der Waals surface area (Å²) in [7, 11) is 0. The van der Waals surface area contributed by atoms with E-state index in [0.29, 0.717) is 5.75 Å². The Labute approximate surface area is 205 Å². The highest BCUT2D eigenvalue weighted by Crippen LogP contribution is 2.44. The van der Waals surface area contributed by atoms with Crippen LogP contribution in [0.3, 0.4) is 0 Å². The number of aromatic carboxylic acids is 1. The van der Waals surface area contributed by atoms with E-state index in [4.69, 9.17) is 9.84 Å². The summed E-state index contributed by atoms with van der Waals surface area (Å²) in [4.78, 5) is 35.5. The summed E-state index contributed by atoms with van der Waals surface area (Å²) in [6.07, 6.45) is -0.539. The van der Waals surface area contributed by atoms with Crippen LogP contribution in [0.25, 0.3) is 11.1 Å². The second-order valence-corrected chi connectivity index (χ2v) is 8.95. The van der Waals surface area contributed by atoms with Crippen LogP contribution in [0.15, 0.2) is 66.7 Å². The van der Waals surface area contributed by atoms with Crippen molar-refractivity contribution in [2.24, 2.45) is 0 Å². The van der Waals surface area contributed by atoms with Gasteiger partial charge in [-0.2, -0.15) is 11.8 Å². The molecule has 2 amide bonds. The average Bonchev–Trinajstić information content (AvgIpc) is 3.16. The molecule has 9 heteroatoms. The summed E-state index contributed by atoms with van der Waals surface area (Å²) >= 11 is 1.24. The molecule has 3 N–H and O–H groups in total. The molecular formula is C26H23FN2O5S. The number of rotatable bonds is 9. The zero-order valence-corrected chi connectivity index (χ0v) is 19.4. The van der Waals surface area contributed by atoms with Crippen LogP contribution in [0, 0.1) is 5.82 Å². The van der Waals surface area contributed by atoms with E-state index >= 15 is 0 Å². The topological polar surface area (TPSA) is 105 Å². The first kappa shape index (κ1) is 24.3. The summed E-state index contributed by atoms with van der Waals surface area (Å²) in [5.41, 5.74) is 4.28. The first-order valence-corrected chi connectivity index (χ1v) is 12.1. The highest BCUT2D eigenvalue weighted by Gasteiger charge is 2.28. The summed E-state index contributed by atoms with van der Waals surface area (Å²) in [6, 6.07) is 19.2. The Bertz CT molecular complexity index is 1220. The van der Waals surface area contributed by atoms with Crippen molar-refractivity contribution >= 4 is 35.4 Å². The summed E-state index contributed by atoms with van der Waals surface area (Å²) in [5, 5.41) is 14.2. The Kier molecular flexibility index (Phi) is 7.67. The minimum absolute atomic E-state index is 0.0158. The fourth-order valence-corrected chi connectivity index (χ4v) is 4.68. The number of fused-ring (bicyclic) bond motifs is 3. The van der Waals surface area contributed by atoms with E-state index in [1.807, 2.05) is 36.4 Å². The normalized spacial score (nSPS) is 11.9. The van der Waals surface area contributed by atoms with Gasteiger partial charge in [0.05, 0.1) is 17.0 Å². The van der Waals surface area contributed by atoms with Gasteiger partial charge in [0.15, 0.2) is 0 Å². The van der Waals surface area contributed by atoms with Gasteiger partial charge in [-0.3, -0.25) is 4.79 Å². The zero-order valence-electron chi connectivity index (χ0n) is 18.6. The molecule has 0 heterocycles. The van der Waals surface area contributed by atoms with Crippen LogP contribution in [0.5, 0.6) is 0 Å². The number of hydrogen-bond acceptors (Lipinski definition) is 5. The molecule has 3 aromatic carbocycles. The molecule has 1 aliphatic carbocycles. The number of halogens is 1. The molecule has 0 spiro atoms. The van der Waals surface area contributed by atoms with Gasteiger partial charge >= 0.3 is 12.1 Å². The third-order valence-corrected chi connectivity index (χ3v) is 6.54. The molecule has 0 saturated heterocycles. The minimum Gasteiger partial charge on any atom is -0.478 e. The molecular weight excluding hydrogens is 471 g/mol. The van der Waals surface area contributed by atoms with Crippen molar-refractivity contribution < 1.29 is 28.6 Å². The number of carbonyl (C=O) groups is 3. The Morgan fingerprint density at radius 2 is 1.63 bits per heavy atom. The van der Waals surface area contributed by atoms with Crippen LogP contribution in [-0.2, 0) is 9.53 Å². The Morgan fingerprint density at radius 1 is 0.971 bits per heavy atom. The van der Waals surface area contributed by atoms with Crippen molar-refractivity contribution in [2.75, 3.05) is 30.0 Å². The van der Waals surface area contributed by atoms with Gasteiger partial charge in [0.25, 0.3) is 0 Å². The molecule has 7 nitrogen and oxygen atoms in total. The number of hydrogen-bond donors (Lipinski definition) is 3. The molecule has 0 atom stereocenters. The lowest BCUT2D eigenvalue weighted by atomic mass is 9.98. The van der Waals surface area contributed by atoms with Crippen LogP contribution in [-0.4, -0.2) is 47.7 Å². The fraction of sp³-hybridized carbons (Fsp3) is 0.192. The quantitative estimate of drug-likeness (QED) is 0.372. The third-order valence-electron chi connectivity index (χ3n) is 5.58. The van der Waals surface area contributed by atoms with Gasteiger partial charge in [-0.1, -0.05) is 48.5 Å². The lowest BCUT2D eigenvalue weighted by Gasteiger charge is -2.14. The molecule has 0 bridgehead atoms. The number of anilines is 1. The van der Waals surface area contributed by atoms with E-state index in [1.165, 1.54) is 11.8 Å². The predicted molar refractivity (Wildman–Crippen MR) is 132 cm³/mol. The molecule has 0 radical (unpaired) electrons. The molecule has 35 heavy (non-hydrogen) atoms. The Morgan fingerprint density at radius 3 is 2.29 bits per heavy atom. The molecule has 3 aromatic rings. The number of nitrogens with one attached hydrogen (secondary N) is 2. The summed E-state index contributed by atoms with van der Waals surface area (Å²) < 4.78 is 18.9. The minimum atomic E-state index is -1.26. The molecule has 0 aromatic heterocycles. The second-order valence-electron chi connectivity index (χ2n) is 7.85. The van der Waals surface area contributed by atoms with Crippen molar-refractivity contribution in [1.82, 2.24) is 5.32 Å². The maximum Gasteiger partial charge on any atom is 0.407 e. The van der Waals surface area contributed by atoms with Crippen LogP contribution in [0.1, 0.15) is 27.4 Å². The van der Waals surface area contributed by atoms with E-state index in [9.17, 15) is 18.8 Å². The van der Waals surface area contributed by atoms with Gasteiger partial charge in [-0.05, 0) is 40.5 Å². The lowest BCUT2D eigenvalue weighted by molar-refractivity contribution is -0.113. The van der Waals surface area contributed by atoms with Gasteiger partial charge in [0.2, 0.25) is 5.91 Å². The summed E-state index contributed by atoms with van der Waals surface area (Å²) in [6.45, 7) is 0.504. The number of alkyl carbamates (subject to hydrolysis) is 1. The highest BCUT2D eigenvalue weighted by atomic mass is 32.2. The fourth-order valence-electron chi connectivity index (χ4n) is 4.03. The average molecular weight is 495 g/mol. The SMILES string of the molecule is O=C(CSCCNC(=O)OCC1c2ccccc2-c2ccccc21)Nc1cc(F)ccc1C(=O)O. The number of thioether (sulfide) groups is 1. The molecule has 4 rings (SSSR count). The standard InChI is InChI=1S/C26H23FN2O5S/c27-16-9-10-21(25(31)32)23(13-16)29-24(30)15-35-12-11-28-26(33)34-14-22-19-7-3-1-5-17(19)18-6-2-4-8-20(18)22/h1-10,13,22H,11-12,14-15H2,(H,28,33)(H,29,30)(H,31,32). The van der Waals surface area contributed by atoms with Gasteiger partial charge in [0.1, 0.15) is 12.4 Å². The number of ether oxygens (including phenoxy) is 1. The van der Waals surface area contributed by atoms with Crippen molar-refractivity contribution in [3.05, 3.63) is 89.2 Å².